The first-order chi connectivity index (χ1) is 13.1. The van der Waals surface area contributed by atoms with Crippen molar-refractivity contribution in [3.8, 4) is 0 Å². The van der Waals surface area contributed by atoms with Crippen LogP contribution in [0.25, 0.3) is 0 Å². The Bertz CT molecular complexity index is 728. The molecule has 3 fully saturated rings. The molecule has 0 aromatic carbocycles. The number of likely N-dealkylation sites (tertiary alicyclic amines) is 1. The first-order valence-electron chi connectivity index (χ1n) is 9.47. The Morgan fingerprint density at radius 3 is 2.52 bits per heavy atom. The predicted octanol–water partition coefficient (Wildman–Crippen LogP) is 0.236. The molecule has 4 rings (SSSR count). The fourth-order valence-electron chi connectivity index (χ4n) is 4.07. The lowest BCUT2D eigenvalue weighted by atomic mass is 9.94. The van der Waals surface area contributed by atoms with Crippen LogP contribution in [0.5, 0.6) is 0 Å². The van der Waals surface area contributed by atoms with Crippen LogP contribution in [0.15, 0.2) is 24.5 Å². The second-order valence-corrected chi connectivity index (χ2v) is 7.50. The van der Waals surface area contributed by atoms with Gasteiger partial charge in [-0.1, -0.05) is 6.07 Å². The smallest absolute Gasteiger partial charge is 0.254 e. The lowest BCUT2D eigenvalue weighted by Gasteiger charge is -2.43. The van der Waals surface area contributed by atoms with Crippen molar-refractivity contribution in [2.75, 3.05) is 19.7 Å². The van der Waals surface area contributed by atoms with E-state index in [1.807, 2.05) is 11.0 Å². The molecule has 3 aliphatic rings. The number of pyridine rings is 1. The highest BCUT2D eigenvalue weighted by Crippen LogP contribution is 2.40. The van der Waals surface area contributed by atoms with Crippen molar-refractivity contribution >= 4 is 17.7 Å². The molecule has 144 valence electrons. The van der Waals surface area contributed by atoms with Crippen molar-refractivity contribution in [1.29, 1.82) is 0 Å². The quantitative estimate of drug-likeness (QED) is 0.815. The van der Waals surface area contributed by atoms with Gasteiger partial charge in [0, 0.05) is 37.4 Å². The Balaban J connectivity index is 1.57. The first kappa shape index (κ1) is 17.9. The molecule has 1 aliphatic carbocycles. The standard InChI is InChI=1S/C19H24N4O4/c20-18(25)12-5-8-22(9-6-12)19(26)17-16(13-2-1-7-21-10-13)23(14-3-4-14)15(24)11-27-17/h1-2,7,10,12,14,16-17H,3-6,8-9,11H2,(H2,20,25)/t16-,17+/m1/s1. The van der Waals surface area contributed by atoms with Crippen LogP contribution in [0.2, 0.25) is 0 Å². The molecule has 0 radical (unpaired) electrons. The van der Waals surface area contributed by atoms with Gasteiger partial charge in [-0.25, -0.2) is 0 Å². The van der Waals surface area contributed by atoms with E-state index in [1.165, 1.54) is 0 Å². The molecule has 1 aromatic rings. The van der Waals surface area contributed by atoms with Crippen molar-refractivity contribution in [3.05, 3.63) is 30.1 Å². The molecule has 3 heterocycles. The molecule has 0 unspecified atom stereocenters. The highest BCUT2D eigenvalue weighted by atomic mass is 16.5. The van der Waals surface area contributed by atoms with Gasteiger partial charge in [-0.3, -0.25) is 19.4 Å². The van der Waals surface area contributed by atoms with Crippen LogP contribution in [0.4, 0.5) is 0 Å². The van der Waals surface area contributed by atoms with Gasteiger partial charge in [-0.05, 0) is 37.3 Å². The van der Waals surface area contributed by atoms with Gasteiger partial charge in [0.15, 0.2) is 6.10 Å². The zero-order chi connectivity index (χ0) is 19.0. The van der Waals surface area contributed by atoms with Gasteiger partial charge in [-0.2, -0.15) is 0 Å². The van der Waals surface area contributed by atoms with E-state index < -0.39 is 12.1 Å². The molecule has 0 bridgehead atoms. The lowest BCUT2D eigenvalue weighted by Crippen LogP contribution is -2.56. The molecule has 2 aliphatic heterocycles. The highest BCUT2D eigenvalue weighted by molar-refractivity contribution is 5.87. The minimum atomic E-state index is -0.752. The topological polar surface area (TPSA) is 106 Å². The van der Waals surface area contributed by atoms with Gasteiger partial charge in [0.25, 0.3) is 5.91 Å². The summed E-state index contributed by atoms with van der Waals surface area (Å²) < 4.78 is 5.75. The van der Waals surface area contributed by atoms with E-state index in [-0.39, 0.29) is 36.3 Å². The van der Waals surface area contributed by atoms with Gasteiger partial charge in [0.1, 0.15) is 6.61 Å². The third kappa shape index (κ3) is 3.53. The Labute approximate surface area is 157 Å². The van der Waals surface area contributed by atoms with E-state index >= 15 is 0 Å². The number of aromatic nitrogens is 1. The van der Waals surface area contributed by atoms with E-state index in [9.17, 15) is 14.4 Å². The number of rotatable bonds is 4. The van der Waals surface area contributed by atoms with E-state index in [4.69, 9.17) is 10.5 Å². The molecule has 3 amide bonds. The highest BCUT2D eigenvalue weighted by Gasteiger charge is 2.48. The molecular formula is C19H24N4O4. The maximum absolute atomic E-state index is 13.2. The van der Waals surface area contributed by atoms with Crippen LogP contribution < -0.4 is 5.73 Å². The predicted molar refractivity (Wildman–Crippen MR) is 95.1 cm³/mol. The number of morpholine rings is 1. The second-order valence-electron chi connectivity index (χ2n) is 7.50. The Hall–Kier alpha value is -2.48. The number of carbonyl (C=O) groups is 3. The van der Waals surface area contributed by atoms with Gasteiger partial charge < -0.3 is 20.3 Å². The fourth-order valence-corrected chi connectivity index (χ4v) is 4.07. The summed E-state index contributed by atoms with van der Waals surface area (Å²) in [6.45, 7) is 0.869. The number of piperidine rings is 1. The number of ether oxygens (including phenoxy) is 1. The monoisotopic (exact) mass is 372 g/mol. The zero-order valence-electron chi connectivity index (χ0n) is 15.1. The van der Waals surface area contributed by atoms with E-state index in [0.29, 0.717) is 25.9 Å². The van der Waals surface area contributed by atoms with E-state index in [1.54, 1.807) is 23.4 Å². The maximum atomic E-state index is 13.2. The SMILES string of the molecule is NC(=O)C1CCN(C(=O)[C@H]2OCC(=O)N(C3CC3)[C@@H]2c2cccnc2)CC1. The molecular weight excluding hydrogens is 348 g/mol. The van der Waals surface area contributed by atoms with E-state index in [2.05, 4.69) is 4.98 Å². The van der Waals surface area contributed by atoms with Crippen LogP contribution in [-0.2, 0) is 19.1 Å². The third-order valence-electron chi connectivity index (χ3n) is 5.68. The molecule has 27 heavy (non-hydrogen) atoms. The number of hydrogen-bond donors (Lipinski definition) is 1. The van der Waals surface area contributed by atoms with Gasteiger partial charge in [0.05, 0.1) is 6.04 Å². The summed E-state index contributed by atoms with van der Waals surface area (Å²) in [4.78, 5) is 44.8. The number of nitrogens with two attached hydrogens (primary N) is 1. The molecule has 2 atom stereocenters. The Morgan fingerprint density at radius 2 is 1.93 bits per heavy atom. The van der Waals surface area contributed by atoms with Crippen LogP contribution >= 0.6 is 0 Å². The fraction of sp³-hybridized carbons (Fsp3) is 0.579. The number of nitrogens with zero attached hydrogens (tertiary/aromatic N) is 3. The summed E-state index contributed by atoms with van der Waals surface area (Å²) in [5, 5.41) is 0. The van der Waals surface area contributed by atoms with Crippen molar-refractivity contribution in [1.82, 2.24) is 14.8 Å². The van der Waals surface area contributed by atoms with Crippen molar-refractivity contribution < 1.29 is 19.1 Å². The average molecular weight is 372 g/mol. The summed E-state index contributed by atoms with van der Waals surface area (Å²) in [5.74, 6) is -0.706. The van der Waals surface area contributed by atoms with Crippen LogP contribution in [0, 0.1) is 5.92 Å². The average Bonchev–Trinajstić information content (AvgIpc) is 3.53. The molecule has 2 saturated heterocycles. The van der Waals surface area contributed by atoms with E-state index in [0.717, 1.165) is 18.4 Å². The van der Waals surface area contributed by atoms with Crippen molar-refractivity contribution in [3.63, 3.8) is 0 Å². The summed E-state index contributed by atoms with van der Waals surface area (Å²) in [6.07, 6.45) is 5.65. The van der Waals surface area contributed by atoms with Crippen LogP contribution in [0.1, 0.15) is 37.3 Å². The summed E-state index contributed by atoms with van der Waals surface area (Å²) in [5.41, 5.74) is 6.19. The lowest BCUT2D eigenvalue weighted by molar-refractivity contribution is -0.171. The van der Waals surface area contributed by atoms with Crippen molar-refractivity contribution in [2.24, 2.45) is 11.7 Å². The Morgan fingerprint density at radius 1 is 1.19 bits per heavy atom. The van der Waals surface area contributed by atoms with Crippen LogP contribution in [-0.4, -0.2) is 64.3 Å². The molecule has 2 N–H and O–H groups in total. The molecule has 8 heteroatoms. The minimum Gasteiger partial charge on any atom is -0.369 e. The molecule has 8 nitrogen and oxygen atoms in total. The molecule has 0 spiro atoms. The van der Waals surface area contributed by atoms with Crippen LogP contribution in [0.3, 0.4) is 0 Å². The van der Waals surface area contributed by atoms with Gasteiger partial charge >= 0.3 is 0 Å². The maximum Gasteiger partial charge on any atom is 0.254 e. The number of primary amides is 1. The summed E-state index contributed by atoms with van der Waals surface area (Å²) >= 11 is 0. The largest absolute Gasteiger partial charge is 0.369 e. The number of carbonyl (C=O) groups excluding carboxylic acids is 3. The number of hydrogen-bond acceptors (Lipinski definition) is 5. The Kier molecular flexibility index (Phi) is 4.82. The minimum absolute atomic E-state index is 0.0807. The normalized spacial score (nSPS) is 26.9. The van der Waals surface area contributed by atoms with Gasteiger partial charge in [-0.15, -0.1) is 0 Å². The first-order valence-corrected chi connectivity index (χ1v) is 9.47. The molecule has 1 aromatic heterocycles. The zero-order valence-corrected chi connectivity index (χ0v) is 15.1. The summed E-state index contributed by atoms with van der Waals surface area (Å²) in [7, 11) is 0. The second kappa shape index (κ2) is 7.26. The summed E-state index contributed by atoms with van der Waals surface area (Å²) in [6, 6.07) is 3.39. The molecule has 1 saturated carbocycles. The number of amides is 3. The van der Waals surface area contributed by atoms with Gasteiger partial charge in [0.2, 0.25) is 11.8 Å². The third-order valence-corrected chi connectivity index (χ3v) is 5.68. The van der Waals surface area contributed by atoms with Crippen molar-refractivity contribution in [2.45, 2.75) is 43.9 Å².